The van der Waals surface area contributed by atoms with E-state index in [9.17, 15) is 0 Å². The van der Waals surface area contributed by atoms with Gasteiger partial charge in [0.15, 0.2) is 0 Å². The van der Waals surface area contributed by atoms with Gasteiger partial charge in [-0.25, -0.2) is 0 Å². The highest BCUT2D eigenvalue weighted by atomic mass is 16.7. The van der Waals surface area contributed by atoms with Crippen LogP contribution in [-0.4, -0.2) is 18.3 Å². The summed E-state index contributed by atoms with van der Waals surface area (Å²) in [5, 5.41) is 0. The summed E-state index contributed by atoms with van der Waals surface area (Å²) in [5.74, 6) is 0.133. The average Bonchev–Trinajstić information content (AvgIpc) is 3.37. The highest BCUT2D eigenvalue weighted by molar-refractivity contribution is 6.63. The van der Waals surface area contributed by atoms with Gasteiger partial charge in [0.05, 0.1) is 22.0 Å². The molecule has 2 atom stereocenters. The van der Waals surface area contributed by atoms with Gasteiger partial charge in [0, 0.05) is 5.92 Å². The van der Waals surface area contributed by atoms with Crippen LogP contribution in [-0.2, 0) is 20.1 Å². The van der Waals surface area contributed by atoms with Gasteiger partial charge in [-0.05, 0) is 101 Å². The highest BCUT2D eigenvalue weighted by Crippen LogP contribution is 2.68. The second-order valence-electron chi connectivity index (χ2n) is 15.3. The fourth-order valence-electron chi connectivity index (χ4n) is 9.93. The Morgan fingerprint density at radius 2 is 1.18 bits per heavy atom. The topological polar surface area (TPSA) is 18.5 Å². The third-order valence-corrected chi connectivity index (χ3v) is 12.5. The molecule has 1 saturated heterocycles. The standard InChI is InChI=1S/C46H39BO2/c1-43(2)44(3,4)49-47(48-43)41-29-17-28-40-42(41)46(36-22-9-5-7-18-32(36)33-19-8-6-10-23-37(33)46)39-27-16-15-26-38(39)45(40)34-24-13-11-20-30(34)31-21-12-14-25-35(31)45/h5,7-29,32H,6H2,1-4H3/t32?,46-/m0/s1. The average molecular weight is 635 g/mol. The summed E-state index contributed by atoms with van der Waals surface area (Å²) in [7, 11) is -0.531. The number of rotatable bonds is 1. The predicted molar refractivity (Wildman–Crippen MR) is 200 cm³/mol. The van der Waals surface area contributed by atoms with Crippen LogP contribution < -0.4 is 5.46 Å². The lowest BCUT2D eigenvalue weighted by Gasteiger charge is -2.50. The zero-order valence-corrected chi connectivity index (χ0v) is 28.5. The van der Waals surface area contributed by atoms with E-state index in [1.54, 1.807) is 0 Å². The summed E-state index contributed by atoms with van der Waals surface area (Å²) in [6, 6.07) is 34.4. The van der Waals surface area contributed by atoms with Gasteiger partial charge in [-0.15, -0.1) is 0 Å². The van der Waals surface area contributed by atoms with E-state index in [0.29, 0.717) is 0 Å². The van der Waals surface area contributed by atoms with Crippen LogP contribution in [0.4, 0.5) is 0 Å². The Morgan fingerprint density at radius 3 is 1.88 bits per heavy atom. The maximum absolute atomic E-state index is 7.00. The van der Waals surface area contributed by atoms with Gasteiger partial charge >= 0.3 is 7.12 Å². The predicted octanol–water partition coefficient (Wildman–Crippen LogP) is 9.44. The lowest BCUT2D eigenvalue weighted by molar-refractivity contribution is 0.00578. The number of allylic oxidation sites excluding steroid dienone is 12. The molecule has 2 nitrogen and oxygen atoms in total. The molecule has 0 bridgehead atoms. The van der Waals surface area contributed by atoms with Crippen molar-refractivity contribution < 1.29 is 9.31 Å². The van der Waals surface area contributed by atoms with E-state index in [4.69, 9.17) is 9.31 Å². The Labute approximate surface area is 290 Å². The minimum atomic E-state index is -0.575. The van der Waals surface area contributed by atoms with Crippen molar-refractivity contribution in [2.45, 2.75) is 56.1 Å². The van der Waals surface area contributed by atoms with Crippen molar-refractivity contribution in [3.63, 3.8) is 0 Å². The van der Waals surface area contributed by atoms with Gasteiger partial charge in [-0.3, -0.25) is 0 Å². The third kappa shape index (κ3) is 3.50. The Kier molecular flexibility index (Phi) is 5.93. The van der Waals surface area contributed by atoms with Crippen LogP contribution in [0.2, 0.25) is 0 Å². The first-order chi connectivity index (χ1) is 23.8. The minimum Gasteiger partial charge on any atom is -0.399 e. The Bertz CT molecular complexity index is 2230. The zero-order valence-electron chi connectivity index (χ0n) is 28.5. The first kappa shape index (κ1) is 29.2. The molecule has 5 aliphatic carbocycles. The SMILES string of the molecule is CC1(C)OB(c2cccc3c2[C@]2(C4=CC=CC=CC4C4=C2C=CCC=C4)c2ccccc2C32c3ccccc3-c3ccccc32)OC1(C)C. The number of hydrogen-bond donors (Lipinski definition) is 0. The lowest BCUT2D eigenvalue weighted by atomic mass is 9.49. The van der Waals surface area contributed by atoms with Crippen molar-refractivity contribution in [3.05, 3.63) is 196 Å². The van der Waals surface area contributed by atoms with Crippen molar-refractivity contribution in [1.29, 1.82) is 0 Å². The summed E-state index contributed by atoms with van der Waals surface area (Å²) in [5.41, 5.74) is 13.7. The van der Waals surface area contributed by atoms with E-state index in [1.165, 1.54) is 61.2 Å². The molecule has 4 aromatic rings. The second-order valence-corrected chi connectivity index (χ2v) is 15.3. The summed E-state index contributed by atoms with van der Waals surface area (Å²) in [4.78, 5) is 0. The maximum atomic E-state index is 7.00. The van der Waals surface area contributed by atoms with Crippen molar-refractivity contribution in [2.75, 3.05) is 0 Å². The van der Waals surface area contributed by atoms with Gasteiger partial charge in [0.25, 0.3) is 0 Å². The molecule has 1 fully saturated rings. The van der Waals surface area contributed by atoms with Crippen LogP contribution in [0.25, 0.3) is 11.1 Å². The fraction of sp³-hybridized carbons (Fsp3) is 0.217. The molecule has 238 valence electrons. The molecule has 3 heteroatoms. The van der Waals surface area contributed by atoms with Crippen molar-refractivity contribution >= 4 is 12.6 Å². The first-order valence-corrected chi connectivity index (χ1v) is 17.7. The zero-order chi connectivity index (χ0) is 33.2. The monoisotopic (exact) mass is 634 g/mol. The second kappa shape index (κ2) is 9.94. The quantitative estimate of drug-likeness (QED) is 0.171. The number of fused-ring (bicyclic) bond motifs is 15. The first-order valence-electron chi connectivity index (χ1n) is 17.7. The molecule has 10 rings (SSSR count). The molecule has 0 saturated carbocycles. The summed E-state index contributed by atoms with van der Waals surface area (Å²) >= 11 is 0. The van der Waals surface area contributed by atoms with E-state index >= 15 is 0 Å². The highest BCUT2D eigenvalue weighted by Gasteiger charge is 2.63. The molecule has 1 aliphatic heterocycles. The number of hydrogen-bond acceptors (Lipinski definition) is 2. The van der Waals surface area contributed by atoms with Crippen molar-refractivity contribution in [1.82, 2.24) is 0 Å². The molecule has 0 aromatic heterocycles. The number of benzene rings is 4. The van der Waals surface area contributed by atoms with Crippen LogP contribution in [0.5, 0.6) is 0 Å². The molecule has 1 heterocycles. The van der Waals surface area contributed by atoms with Gasteiger partial charge in [-0.2, -0.15) is 0 Å². The molecular formula is C46H39BO2. The molecule has 0 amide bonds. The fourth-order valence-corrected chi connectivity index (χ4v) is 9.93. The molecule has 0 N–H and O–H groups in total. The van der Waals surface area contributed by atoms with Gasteiger partial charge in [-0.1, -0.05) is 146 Å². The third-order valence-electron chi connectivity index (χ3n) is 12.5. The van der Waals surface area contributed by atoms with E-state index < -0.39 is 29.2 Å². The van der Waals surface area contributed by atoms with E-state index in [2.05, 4.69) is 173 Å². The van der Waals surface area contributed by atoms with Gasteiger partial charge in [0.2, 0.25) is 0 Å². The summed E-state index contributed by atoms with van der Waals surface area (Å²) in [6.07, 6.45) is 21.8. The normalized spacial score (nSPS) is 25.3. The van der Waals surface area contributed by atoms with Crippen LogP contribution in [0.1, 0.15) is 67.5 Å². The molecule has 2 spiro atoms. The van der Waals surface area contributed by atoms with Gasteiger partial charge < -0.3 is 9.31 Å². The molecule has 4 aromatic carbocycles. The van der Waals surface area contributed by atoms with Crippen LogP contribution in [0, 0.1) is 5.92 Å². The van der Waals surface area contributed by atoms with Crippen molar-refractivity contribution in [3.8, 4) is 11.1 Å². The van der Waals surface area contributed by atoms with E-state index in [0.717, 1.165) is 11.9 Å². The van der Waals surface area contributed by atoms with Crippen LogP contribution in [0.15, 0.2) is 162 Å². The van der Waals surface area contributed by atoms with Crippen molar-refractivity contribution in [2.24, 2.45) is 5.92 Å². The summed E-state index contributed by atoms with van der Waals surface area (Å²) < 4.78 is 14.0. The molecule has 49 heavy (non-hydrogen) atoms. The molecule has 6 aliphatic rings. The van der Waals surface area contributed by atoms with Gasteiger partial charge in [0.1, 0.15) is 0 Å². The lowest BCUT2D eigenvalue weighted by Crippen LogP contribution is -2.51. The molecule has 1 unspecified atom stereocenters. The van der Waals surface area contributed by atoms with E-state index in [-0.39, 0.29) is 5.92 Å². The minimum absolute atomic E-state index is 0.133. The van der Waals surface area contributed by atoms with Crippen LogP contribution >= 0.6 is 0 Å². The Hall–Kier alpha value is -4.70. The smallest absolute Gasteiger partial charge is 0.399 e. The Morgan fingerprint density at radius 1 is 0.592 bits per heavy atom. The van der Waals surface area contributed by atoms with E-state index in [1.807, 2.05) is 0 Å². The summed E-state index contributed by atoms with van der Waals surface area (Å²) in [6.45, 7) is 8.64. The Balaban J connectivity index is 1.42. The largest absolute Gasteiger partial charge is 0.495 e. The van der Waals surface area contributed by atoms with Crippen LogP contribution in [0.3, 0.4) is 0 Å². The maximum Gasteiger partial charge on any atom is 0.495 e. The molecular weight excluding hydrogens is 595 g/mol. The molecule has 0 radical (unpaired) electrons.